The zero-order valence-corrected chi connectivity index (χ0v) is 12.0. The maximum atomic E-state index is 12.8. The normalized spacial score (nSPS) is 12.3. The van der Waals surface area contributed by atoms with Crippen molar-refractivity contribution in [3.63, 3.8) is 0 Å². The van der Waals surface area contributed by atoms with Gasteiger partial charge in [0, 0.05) is 9.77 Å². The maximum Gasteiger partial charge on any atom is 0.185 e. The second kappa shape index (κ2) is 6.21. The Kier molecular flexibility index (Phi) is 4.61. The van der Waals surface area contributed by atoms with Crippen molar-refractivity contribution in [2.45, 2.75) is 18.2 Å². The third-order valence-electron chi connectivity index (χ3n) is 2.62. The van der Waals surface area contributed by atoms with Crippen LogP contribution < -0.4 is 0 Å². The van der Waals surface area contributed by atoms with E-state index in [9.17, 15) is 13.4 Å². The minimum absolute atomic E-state index is 0.0602. The number of carbonyl (C=O) groups excluding carboxylic acids is 1. The predicted molar refractivity (Wildman–Crippen MR) is 75.7 cm³/mol. The van der Waals surface area contributed by atoms with Gasteiger partial charge < -0.3 is 0 Å². The summed E-state index contributed by atoms with van der Waals surface area (Å²) in [5.41, 5.74) is 0. The zero-order valence-electron chi connectivity index (χ0n) is 10.4. The molecular weight excluding hydrogens is 283 g/mol. The molecule has 0 amide bonds. The van der Waals surface area contributed by atoms with Crippen LogP contribution in [0.2, 0.25) is 0 Å². The molecule has 0 aliphatic heterocycles. The predicted octanol–water partition coefficient (Wildman–Crippen LogP) is 3.44. The van der Waals surface area contributed by atoms with Crippen LogP contribution in [0.25, 0.3) is 0 Å². The Morgan fingerprint density at radius 3 is 2.47 bits per heavy atom. The van der Waals surface area contributed by atoms with E-state index in [1.807, 2.05) is 13.0 Å². The lowest BCUT2D eigenvalue weighted by molar-refractivity contribution is 0.102. The molecule has 1 aromatic carbocycles. The molecule has 2 nitrogen and oxygen atoms in total. The van der Waals surface area contributed by atoms with Gasteiger partial charge >= 0.3 is 0 Å². The first kappa shape index (κ1) is 14.1. The first-order chi connectivity index (χ1) is 9.10. The molecule has 0 aliphatic carbocycles. The SMILES string of the molecule is CCc1ccc(C(=O)CS(=O)c2ccc(F)cc2)s1. The monoisotopic (exact) mass is 296 g/mol. The van der Waals surface area contributed by atoms with Gasteiger partial charge in [-0.25, -0.2) is 4.39 Å². The number of benzene rings is 1. The van der Waals surface area contributed by atoms with Gasteiger partial charge in [0.1, 0.15) is 5.82 Å². The topological polar surface area (TPSA) is 34.1 Å². The molecule has 0 aliphatic rings. The highest BCUT2D eigenvalue weighted by molar-refractivity contribution is 7.85. The summed E-state index contributed by atoms with van der Waals surface area (Å²) >= 11 is 1.44. The first-order valence-electron chi connectivity index (χ1n) is 5.86. The molecule has 1 heterocycles. The van der Waals surface area contributed by atoms with Gasteiger partial charge in [-0.3, -0.25) is 9.00 Å². The molecule has 100 valence electrons. The van der Waals surface area contributed by atoms with E-state index in [4.69, 9.17) is 0 Å². The van der Waals surface area contributed by atoms with Crippen LogP contribution in [0.1, 0.15) is 21.5 Å². The Bertz CT molecular complexity index is 602. The van der Waals surface area contributed by atoms with Crippen LogP contribution in [0, 0.1) is 5.82 Å². The second-order valence-corrected chi connectivity index (χ2v) is 6.61. The van der Waals surface area contributed by atoms with Gasteiger partial charge in [-0.15, -0.1) is 11.3 Å². The lowest BCUT2D eigenvalue weighted by atomic mass is 10.3. The van der Waals surface area contributed by atoms with Crippen LogP contribution in [0.3, 0.4) is 0 Å². The molecule has 2 aromatic rings. The Hall–Kier alpha value is -1.33. The Morgan fingerprint density at radius 1 is 1.21 bits per heavy atom. The molecule has 0 bridgehead atoms. The van der Waals surface area contributed by atoms with Gasteiger partial charge in [0.2, 0.25) is 0 Å². The largest absolute Gasteiger partial charge is 0.292 e. The van der Waals surface area contributed by atoms with E-state index >= 15 is 0 Å². The third kappa shape index (κ3) is 3.58. The fourth-order valence-electron chi connectivity index (χ4n) is 1.58. The molecule has 0 saturated heterocycles. The lowest BCUT2D eigenvalue weighted by Crippen LogP contribution is -2.09. The summed E-state index contributed by atoms with van der Waals surface area (Å²) in [4.78, 5) is 14.2. The van der Waals surface area contributed by atoms with Crippen molar-refractivity contribution in [3.05, 3.63) is 52.0 Å². The summed E-state index contributed by atoms with van der Waals surface area (Å²) in [5.74, 6) is -0.569. The number of carbonyl (C=O) groups is 1. The summed E-state index contributed by atoms with van der Waals surface area (Å²) in [7, 11) is -1.42. The van der Waals surface area contributed by atoms with Crippen LogP contribution >= 0.6 is 11.3 Å². The van der Waals surface area contributed by atoms with Gasteiger partial charge in [-0.05, 0) is 42.8 Å². The number of halogens is 1. The number of hydrogen-bond donors (Lipinski definition) is 0. The van der Waals surface area contributed by atoms with E-state index in [0.717, 1.165) is 11.3 Å². The molecule has 1 atom stereocenters. The number of hydrogen-bond acceptors (Lipinski definition) is 3. The number of aryl methyl sites for hydroxylation is 1. The summed E-state index contributed by atoms with van der Waals surface area (Å²) < 4.78 is 24.7. The summed E-state index contributed by atoms with van der Waals surface area (Å²) in [5, 5.41) is 0. The molecule has 1 aromatic heterocycles. The van der Waals surface area contributed by atoms with Gasteiger partial charge in [0.25, 0.3) is 0 Å². The molecular formula is C14H13FO2S2. The fraction of sp³-hybridized carbons (Fsp3) is 0.214. The molecule has 0 fully saturated rings. The molecule has 0 radical (unpaired) electrons. The van der Waals surface area contributed by atoms with Crippen molar-refractivity contribution in [2.24, 2.45) is 0 Å². The highest BCUT2D eigenvalue weighted by atomic mass is 32.2. The Labute approximate surface area is 117 Å². The second-order valence-electron chi connectivity index (χ2n) is 3.99. The lowest BCUT2D eigenvalue weighted by Gasteiger charge is -2.00. The average molecular weight is 296 g/mol. The minimum Gasteiger partial charge on any atom is -0.292 e. The van der Waals surface area contributed by atoms with E-state index in [0.29, 0.717) is 9.77 Å². The molecule has 0 spiro atoms. The average Bonchev–Trinajstić information content (AvgIpc) is 2.88. The fourth-order valence-corrected chi connectivity index (χ4v) is 3.55. The van der Waals surface area contributed by atoms with E-state index < -0.39 is 10.8 Å². The number of Topliss-reactive ketones (excluding diaryl/α,β-unsaturated/α-hetero) is 1. The highest BCUT2D eigenvalue weighted by Gasteiger charge is 2.14. The Balaban J connectivity index is 2.06. The van der Waals surface area contributed by atoms with Crippen LogP contribution in [0.15, 0.2) is 41.3 Å². The third-order valence-corrected chi connectivity index (χ3v) is 5.22. The molecule has 2 rings (SSSR count). The molecule has 1 unspecified atom stereocenters. The van der Waals surface area contributed by atoms with Crippen molar-refractivity contribution in [1.82, 2.24) is 0 Å². The van der Waals surface area contributed by atoms with E-state index in [1.165, 1.54) is 35.6 Å². The van der Waals surface area contributed by atoms with Crippen molar-refractivity contribution >= 4 is 27.9 Å². The summed E-state index contributed by atoms with van der Waals surface area (Å²) in [6, 6.07) is 9.08. The molecule has 19 heavy (non-hydrogen) atoms. The van der Waals surface area contributed by atoms with Crippen molar-refractivity contribution in [1.29, 1.82) is 0 Å². The standard InChI is InChI=1S/C14H13FO2S2/c1-2-11-5-8-14(18-11)13(16)9-19(17)12-6-3-10(15)4-7-12/h3-8H,2,9H2,1H3. The summed E-state index contributed by atoms with van der Waals surface area (Å²) in [6.07, 6.45) is 0.888. The molecule has 5 heteroatoms. The van der Waals surface area contributed by atoms with E-state index in [2.05, 4.69) is 0 Å². The van der Waals surface area contributed by atoms with Crippen LogP contribution in [-0.2, 0) is 17.2 Å². The number of ketones is 1. The van der Waals surface area contributed by atoms with Gasteiger partial charge in [-0.2, -0.15) is 0 Å². The maximum absolute atomic E-state index is 12.8. The number of rotatable bonds is 5. The van der Waals surface area contributed by atoms with E-state index in [-0.39, 0.29) is 17.4 Å². The summed E-state index contributed by atoms with van der Waals surface area (Å²) in [6.45, 7) is 2.02. The van der Waals surface area contributed by atoms with E-state index in [1.54, 1.807) is 6.07 Å². The highest BCUT2D eigenvalue weighted by Crippen LogP contribution is 2.18. The number of thiophene rings is 1. The zero-order chi connectivity index (χ0) is 13.8. The first-order valence-corrected chi connectivity index (χ1v) is 7.99. The minimum atomic E-state index is -1.42. The van der Waals surface area contributed by atoms with Crippen LogP contribution in [-0.4, -0.2) is 15.7 Å². The van der Waals surface area contributed by atoms with Gasteiger partial charge in [0.05, 0.1) is 21.4 Å². The van der Waals surface area contributed by atoms with Crippen LogP contribution in [0.4, 0.5) is 4.39 Å². The van der Waals surface area contributed by atoms with Crippen molar-refractivity contribution < 1.29 is 13.4 Å². The van der Waals surface area contributed by atoms with Gasteiger partial charge in [0.15, 0.2) is 5.78 Å². The van der Waals surface area contributed by atoms with Gasteiger partial charge in [-0.1, -0.05) is 6.92 Å². The van der Waals surface area contributed by atoms with Crippen molar-refractivity contribution in [3.8, 4) is 0 Å². The smallest absolute Gasteiger partial charge is 0.185 e. The van der Waals surface area contributed by atoms with Crippen molar-refractivity contribution in [2.75, 3.05) is 5.75 Å². The molecule has 0 N–H and O–H groups in total. The quantitative estimate of drug-likeness (QED) is 0.792. The van der Waals surface area contributed by atoms with Crippen LogP contribution in [0.5, 0.6) is 0 Å². The molecule has 0 saturated carbocycles. The Morgan fingerprint density at radius 2 is 1.89 bits per heavy atom.